The Bertz CT molecular complexity index is 548. The number of hydrogen-bond acceptors (Lipinski definition) is 2. The second-order valence-corrected chi connectivity index (χ2v) is 4.59. The Morgan fingerprint density at radius 1 is 1.35 bits per heavy atom. The fourth-order valence-electron chi connectivity index (χ4n) is 1.96. The summed E-state index contributed by atoms with van der Waals surface area (Å²) >= 11 is 6.14. The van der Waals surface area contributed by atoms with Crippen molar-refractivity contribution < 1.29 is 5.11 Å². The average Bonchev–Trinajstić information content (AvgIpc) is 2.52. The van der Waals surface area contributed by atoms with Crippen LogP contribution in [0.2, 0.25) is 5.15 Å². The minimum Gasteiger partial charge on any atom is -0.383 e. The Labute approximate surface area is 106 Å². The van der Waals surface area contributed by atoms with Crippen LogP contribution in [0.4, 0.5) is 0 Å². The molecule has 0 saturated carbocycles. The minimum atomic E-state index is -0.726. The standard InChI is InChI=1S/C13H15ClN2O/c1-8-5-4-6-10(7-8)12(17)11-9(2)15-16(3)13(11)14/h4-7,12,17H,1-3H3. The number of aromatic nitrogens is 2. The fraction of sp³-hybridized carbons (Fsp3) is 0.308. The second-order valence-electron chi connectivity index (χ2n) is 4.23. The van der Waals surface area contributed by atoms with Crippen LogP contribution in [0.25, 0.3) is 0 Å². The van der Waals surface area contributed by atoms with Gasteiger partial charge < -0.3 is 5.11 Å². The molecule has 0 spiro atoms. The lowest BCUT2D eigenvalue weighted by molar-refractivity contribution is 0.219. The predicted octanol–water partition coefficient (Wildman–Crippen LogP) is 2.77. The summed E-state index contributed by atoms with van der Waals surface area (Å²) in [5.41, 5.74) is 3.38. The van der Waals surface area contributed by atoms with Crippen molar-refractivity contribution >= 4 is 11.6 Å². The van der Waals surface area contributed by atoms with Gasteiger partial charge >= 0.3 is 0 Å². The maximum absolute atomic E-state index is 10.4. The molecule has 1 N–H and O–H groups in total. The van der Waals surface area contributed by atoms with Gasteiger partial charge in [0.1, 0.15) is 11.3 Å². The Morgan fingerprint density at radius 3 is 2.59 bits per heavy atom. The number of aliphatic hydroxyl groups is 1. The van der Waals surface area contributed by atoms with Crippen molar-refractivity contribution in [1.29, 1.82) is 0 Å². The van der Waals surface area contributed by atoms with Gasteiger partial charge in [0.25, 0.3) is 0 Å². The summed E-state index contributed by atoms with van der Waals surface area (Å²) in [7, 11) is 1.77. The van der Waals surface area contributed by atoms with E-state index >= 15 is 0 Å². The fourth-order valence-corrected chi connectivity index (χ4v) is 2.24. The van der Waals surface area contributed by atoms with E-state index < -0.39 is 6.10 Å². The summed E-state index contributed by atoms with van der Waals surface area (Å²) < 4.78 is 1.57. The number of nitrogens with zero attached hydrogens (tertiary/aromatic N) is 2. The molecule has 2 aromatic rings. The summed E-state index contributed by atoms with van der Waals surface area (Å²) in [4.78, 5) is 0. The SMILES string of the molecule is Cc1cccc(C(O)c2c(C)nn(C)c2Cl)c1. The highest BCUT2D eigenvalue weighted by atomic mass is 35.5. The first-order valence-corrected chi connectivity index (χ1v) is 5.82. The molecule has 0 amide bonds. The Kier molecular flexibility index (Phi) is 3.22. The first-order chi connectivity index (χ1) is 8.00. The minimum absolute atomic E-state index is 0.483. The Balaban J connectivity index is 2.47. The average molecular weight is 251 g/mol. The summed E-state index contributed by atoms with van der Waals surface area (Å²) in [6.07, 6.45) is -0.726. The molecule has 1 aromatic heterocycles. The third-order valence-electron chi connectivity index (χ3n) is 2.83. The van der Waals surface area contributed by atoms with Crippen LogP contribution in [0, 0.1) is 13.8 Å². The van der Waals surface area contributed by atoms with Gasteiger partial charge in [0.2, 0.25) is 0 Å². The van der Waals surface area contributed by atoms with Crippen LogP contribution in [0.1, 0.15) is 28.5 Å². The van der Waals surface area contributed by atoms with Crippen molar-refractivity contribution in [2.45, 2.75) is 20.0 Å². The third-order valence-corrected chi connectivity index (χ3v) is 3.28. The molecule has 0 fully saturated rings. The van der Waals surface area contributed by atoms with Gasteiger partial charge in [-0.15, -0.1) is 0 Å². The zero-order valence-corrected chi connectivity index (χ0v) is 10.9. The molecule has 2 rings (SSSR count). The van der Waals surface area contributed by atoms with E-state index in [1.54, 1.807) is 11.7 Å². The molecule has 1 unspecified atom stereocenters. The number of rotatable bonds is 2. The summed E-state index contributed by atoms with van der Waals surface area (Å²) in [5, 5.41) is 15.0. The number of halogens is 1. The van der Waals surface area contributed by atoms with E-state index in [4.69, 9.17) is 11.6 Å². The molecule has 1 aromatic carbocycles. The van der Waals surface area contributed by atoms with E-state index in [-0.39, 0.29) is 0 Å². The lowest BCUT2D eigenvalue weighted by atomic mass is 10.0. The Hall–Kier alpha value is -1.32. The summed E-state index contributed by atoms with van der Waals surface area (Å²) in [6.45, 7) is 3.84. The molecular formula is C13H15ClN2O. The van der Waals surface area contributed by atoms with E-state index in [0.29, 0.717) is 10.7 Å². The van der Waals surface area contributed by atoms with Crippen molar-refractivity contribution in [3.05, 3.63) is 51.8 Å². The van der Waals surface area contributed by atoms with Gasteiger partial charge in [-0.3, -0.25) is 4.68 Å². The lowest BCUT2D eigenvalue weighted by Gasteiger charge is -2.11. The molecule has 90 valence electrons. The summed E-state index contributed by atoms with van der Waals surface area (Å²) in [6, 6.07) is 7.76. The molecule has 0 aliphatic carbocycles. The van der Waals surface area contributed by atoms with E-state index in [1.807, 2.05) is 38.1 Å². The first kappa shape index (κ1) is 12.1. The predicted molar refractivity (Wildman–Crippen MR) is 68.2 cm³/mol. The van der Waals surface area contributed by atoms with Crippen molar-refractivity contribution in [3.63, 3.8) is 0 Å². The van der Waals surface area contributed by atoms with Crippen LogP contribution in [0.3, 0.4) is 0 Å². The van der Waals surface area contributed by atoms with Crippen LogP contribution in [0.15, 0.2) is 24.3 Å². The zero-order valence-electron chi connectivity index (χ0n) is 10.1. The van der Waals surface area contributed by atoms with Gasteiger partial charge in [-0.25, -0.2) is 0 Å². The van der Waals surface area contributed by atoms with E-state index in [1.165, 1.54) is 0 Å². The number of aliphatic hydroxyl groups excluding tert-OH is 1. The highest BCUT2D eigenvalue weighted by Crippen LogP contribution is 2.30. The molecule has 4 heteroatoms. The van der Waals surface area contributed by atoms with Crippen molar-refractivity contribution in [2.24, 2.45) is 7.05 Å². The van der Waals surface area contributed by atoms with Crippen molar-refractivity contribution in [3.8, 4) is 0 Å². The highest BCUT2D eigenvalue weighted by molar-refractivity contribution is 6.30. The second kappa shape index (κ2) is 4.51. The zero-order chi connectivity index (χ0) is 12.6. The van der Waals surface area contributed by atoms with Crippen LogP contribution in [-0.2, 0) is 7.05 Å². The largest absolute Gasteiger partial charge is 0.383 e. The van der Waals surface area contributed by atoms with Crippen LogP contribution in [-0.4, -0.2) is 14.9 Å². The monoisotopic (exact) mass is 250 g/mol. The van der Waals surface area contributed by atoms with Gasteiger partial charge in [-0.1, -0.05) is 41.4 Å². The van der Waals surface area contributed by atoms with E-state index in [0.717, 1.165) is 16.8 Å². The lowest BCUT2D eigenvalue weighted by Crippen LogP contribution is -2.01. The first-order valence-electron chi connectivity index (χ1n) is 5.44. The summed E-state index contributed by atoms with van der Waals surface area (Å²) in [5.74, 6) is 0. The Morgan fingerprint density at radius 2 is 2.06 bits per heavy atom. The quantitative estimate of drug-likeness (QED) is 0.890. The molecule has 0 aliphatic heterocycles. The molecular weight excluding hydrogens is 236 g/mol. The molecule has 0 bridgehead atoms. The van der Waals surface area contributed by atoms with E-state index in [9.17, 15) is 5.11 Å². The highest BCUT2D eigenvalue weighted by Gasteiger charge is 2.20. The number of aryl methyl sites for hydroxylation is 3. The topological polar surface area (TPSA) is 38.1 Å². The molecule has 3 nitrogen and oxygen atoms in total. The van der Waals surface area contributed by atoms with Crippen LogP contribution < -0.4 is 0 Å². The molecule has 17 heavy (non-hydrogen) atoms. The van der Waals surface area contributed by atoms with Gasteiger partial charge in [-0.2, -0.15) is 5.10 Å². The maximum atomic E-state index is 10.4. The van der Waals surface area contributed by atoms with Gasteiger partial charge in [0.05, 0.1) is 5.69 Å². The maximum Gasteiger partial charge on any atom is 0.133 e. The molecule has 1 heterocycles. The normalized spacial score (nSPS) is 12.8. The smallest absolute Gasteiger partial charge is 0.133 e. The third kappa shape index (κ3) is 2.21. The molecule has 1 atom stereocenters. The van der Waals surface area contributed by atoms with Gasteiger partial charge in [0, 0.05) is 12.6 Å². The van der Waals surface area contributed by atoms with Crippen molar-refractivity contribution in [2.75, 3.05) is 0 Å². The van der Waals surface area contributed by atoms with Crippen LogP contribution in [0.5, 0.6) is 0 Å². The van der Waals surface area contributed by atoms with E-state index in [2.05, 4.69) is 5.10 Å². The van der Waals surface area contributed by atoms with Gasteiger partial charge in [0.15, 0.2) is 0 Å². The molecule has 0 saturated heterocycles. The number of benzene rings is 1. The molecule has 0 aliphatic rings. The van der Waals surface area contributed by atoms with Gasteiger partial charge in [-0.05, 0) is 19.4 Å². The molecule has 0 radical (unpaired) electrons. The number of hydrogen-bond donors (Lipinski definition) is 1. The van der Waals surface area contributed by atoms with Crippen molar-refractivity contribution in [1.82, 2.24) is 9.78 Å². The van der Waals surface area contributed by atoms with Crippen LogP contribution >= 0.6 is 11.6 Å².